The Balaban J connectivity index is 0. The molecule has 0 bridgehead atoms. The van der Waals surface area contributed by atoms with Crippen LogP contribution in [0.1, 0.15) is 27.2 Å². The third-order valence-electron chi connectivity index (χ3n) is 1.64. The summed E-state index contributed by atoms with van der Waals surface area (Å²) >= 11 is 0. The molecule has 0 rings (SSSR count). The van der Waals surface area contributed by atoms with Crippen molar-refractivity contribution < 1.29 is 32.7 Å². The normalized spacial score (nSPS) is 15.2. The molecule has 0 amide bonds. The van der Waals surface area contributed by atoms with Crippen molar-refractivity contribution in [2.24, 2.45) is 5.92 Å². The van der Waals surface area contributed by atoms with Crippen molar-refractivity contribution in [2.75, 3.05) is 0 Å². The molecule has 10 heavy (non-hydrogen) atoms. The van der Waals surface area contributed by atoms with E-state index in [1.54, 1.807) is 0 Å². The van der Waals surface area contributed by atoms with Gasteiger partial charge in [-0.25, -0.2) is 12.5 Å². The molecular formula is C8H16PY-. The molecule has 0 N–H and O–H groups in total. The Kier molecular flexibility index (Phi) is 9.37. The summed E-state index contributed by atoms with van der Waals surface area (Å²) < 4.78 is 0. The molecule has 0 spiro atoms. The molecule has 0 aliphatic heterocycles. The average Bonchev–Trinajstić information content (AvgIpc) is 1.84. The zero-order valence-electron chi connectivity index (χ0n) is 7.15. The zero-order chi connectivity index (χ0) is 7.44. The first-order valence-electron chi connectivity index (χ1n) is 3.37. The van der Waals surface area contributed by atoms with Crippen LogP contribution in [-0.2, 0) is 32.7 Å². The minimum absolute atomic E-state index is 0. The predicted octanol–water partition coefficient (Wildman–Crippen LogP) is 3.01. The van der Waals surface area contributed by atoms with E-state index in [0.717, 1.165) is 0 Å². The molecule has 2 heteroatoms. The van der Waals surface area contributed by atoms with Gasteiger partial charge in [0.05, 0.1) is 0 Å². The van der Waals surface area contributed by atoms with Crippen molar-refractivity contribution in [3.63, 3.8) is 0 Å². The first-order valence-corrected chi connectivity index (χ1v) is 3.95. The van der Waals surface area contributed by atoms with Gasteiger partial charge in [-0.3, -0.25) is 0 Å². The number of allylic oxidation sites excluding steroid dienone is 2. The van der Waals surface area contributed by atoms with Gasteiger partial charge in [-0.2, -0.15) is 14.6 Å². The second-order valence-electron chi connectivity index (χ2n) is 2.54. The van der Waals surface area contributed by atoms with E-state index in [2.05, 4.69) is 36.9 Å². The van der Waals surface area contributed by atoms with E-state index in [1.165, 1.54) is 17.3 Å². The van der Waals surface area contributed by atoms with E-state index in [-0.39, 0.29) is 32.7 Å². The summed E-state index contributed by atoms with van der Waals surface area (Å²) in [6, 6.07) is 0. The van der Waals surface area contributed by atoms with E-state index >= 15 is 0 Å². The molecule has 0 aliphatic rings. The molecule has 0 saturated heterocycles. The minimum atomic E-state index is 0. The van der Waals surface area contributed by atoms with Gasteiger partial charge >= 0.3 is 0 Å². The molecule has 2 unspecified atom stereocenters. The zero-order valence-corrected chi connectivity index (χ0v) is 11.1. The van der Waals surface area contributed by atoms with Gasteiger partial charge in [0.25, 0.3) is 0 Å². The summed E-state index contributed by atoms with van der Waals surface area (Å²) in [5, 5.41) is 1.36. The van der Waals surface area contributed by atoms with Crippen LogP contribution in [0.5, 0.6) is 0 Å². The van der Waals surface area contributed by atoms with E-state index in [1.807, 2.05) is 0 Å². The molecule has 0 aliphatic carbocycles. The van der Waals surface area contributed by atoms with Gasteiger partial charge in [0.15, 0.2) is 0 Å². The van der Waals surface area contributed by atoms with Crippen LogP contribution >= 0.6 is 9.24 Å². The van der Waals surface area contributed by atoms with Crippen LogP contribution in [0.25, 0.3) is 0 Å². The van der Waals surface area contributed by atoms with Crippen molar-refractivity contribution in [3.05, 3.63) is 17.8 Å². The van der Waals surface area contributed by atoms with Gasteiger partial charge in [-0.1, -0.05) is 33.1 Å². The van der Waals surface area contributed by atoms with Crippen molar-refractivity contribution in [3.8, 4) is 0 Å². The van der Waals surface area contributed by atoms with Crippen LogP contribution < -0.4 is 0 Å². The smallest absolute Gasteiger partial charge is 0 e. The standard InChI is InChI=1S/C8H16P.Y/c1-5-7(4)8(9)6(2)3;/h7H,2,5,9H2,1,3-4H3;/q-1;/b8-6+;. The maximum absolute atomic E-state index is 3.87. The minimum Gasteiger partial charge on any atom is -0.242 e. The van der Waals surface area contributed by atoms with E-state index in [9.17, 15) is 0 Å². The molecular weight excluding hydrogens is 216 g/mol. The Hall–Kier alpha value is 1.14. The van der Waals surface area contributed by atoms with Crippen LogP contribution in [0.3, 0.4) is 0 Å². The van der Waals surface area contributed by atoms with E-state index in [0.29, 0.717) is 5.92 Å². The fraction of sp³-hybridized carbons (Fsp3) is 0.625. The van der Waals surface area contributed by atoms with Crippen molar-refractivity contribution in [1.29, 1.82) is 0 Å². The average molecular weight is 232 g/mol. The van der Waals surface area contributed by atoms with Crippen molar-refractivity contribution in [2.45, 2.75) is 27.2 Å². The van der Waals surface area contributed by atoms with Gasteiger partial charge in [0.1, 0.15) is 0 Å². The van der Waals surface area contributed by atoms with Gasteiger partial charge in [0.2, 0.25) is 0 Å². The first-order chi connectivity index (χ1) is 4.09. The molecule has 2 atom stereocenters. The van der Waals surface area contributed by atoms with Crippen LogP contribution in [0.2, 0.25) is 0 Å². The third-order valence-corrected chi connectivity index (χ3v) is 2.70. The monoisotopic (exact) mass is 232 g/mol. The molecule has 1 radical (unpaired) electrons. The molecule has 0 fully saturated rings. The number of hydrogen-bond acceptors (Lipinski definition) is 0. The quantitative estimate of drug-likeness (QED) is 0.507. The predicted molar refractivity (Wildman–Crippen MR) is 47.2 cm³/mol. The van der Waals surface area contributed by atoms with Crippen molar-refractivity contribution >= 4 is 9.24 Å². The van der Waals surface area contributed by atoms with E-state index < -0.39 is 0 Å². The third kappa shape index (κ3) is 4.88. The largest absolute Gasteiger partial charge is 0.242 e. The number of hydrogen-bond donors (Lipinski definition) is 0. The first kappa shape index (κ1) is 13.7. The van der Waals surface area contributed by atoms with Crippen LogP contribution in [-0.4, -0.2) is 0 Å². The topological polar surface area (TPSA) is 0 Å². The molecule has 0 aromatic carbocycles. The molecule has 0 aromatic heterocycles. The summed E-state index contributed by atoms with van der Waals surface area (Å²) in [4.78, 5) is 0. The summed E-state index contributed by atoms with van der Waals surface area (Å²) in [5.41, 5.74) is 1.19. The van der Waals surface area contributed by atoms with Gasteiger partial charge < -0.3 is 0 Å². The van der Waals surface area contributed by atoms with Gasteiger partial charge in [-0.15, -0.1) is 0 Å². The van der Waals surface area contributed by atoms with Crippen molar-refractivity contribution in [1.82, 2.24) is 0 Å². The second-order valence-corrected chi connectivity index (χ2v) is 3.17. The van der Waals surface area contributed by atoms with Gasteiger partial charge in [0, 0.05) is 32.7 Å². The maximum atomic E-state index is 3.87. The summed E-state index contributed by atoms with van der Waals surface area (Å²) in [6.45, 7) is 10.3. The summed E-state index contributed by atoms with van der Waals surface area (Å²) in [6.07, 6.45) is 1.20. The summed E-state index contributed by atoms with van der Waals surface area (Å²) in [7, 11) is 2.75. The van der Waals surface area contributed by atoms with Crippen LogP contribution in [0.4, 0.5) is 0 Å². The fourth-order valence-electron chi connectivity index (χ4n) is 0.641. The summed E-state index contributed by atoms with van der Waals surface area (Å²) in [5.74, 6) is 0.674. The Bertz CT molecular complexity index is 114. The Morgan fingerprint density at radius 3 is 2.10 bits per heavy atom. The van der Waals surface area contributed by atoms with E-state index in [4.69, 9.17) is 0 Å². The second kappa shape index (κ2) is 6.83. The van der Waals surface area contributed by atoms with Crippen LogP contribution in [0, 0.1) is 12.8 Å². The molecule has 57 valence electrons. The Morgan fingerprint density at radius 2 is 2.00 bits per heavy atom. The molecule has 0 aromatic rings. The Labute approximate surface area is 92.3 Å². The SMILES string of the molecule is [CH2-]/C(C)=C(\P)C(C)CC.[Y]. The van der Waals surface area contributed by atoms with Gasteiger partial charge in [-0.05, 0) is 0 Å². The maximum Gasteiger partial charge on any atom is 0 e. The molecule has 0 nitrogen and oxygen atoms in total. The number of rotatable bonds is 2. The Morgan fingerprint density at radius 1 is 1.60 bits per heavy atom. The molecule has 0 saturated carbocycles. The fourth-order valence-corrected chi connectivity index (χ4v) is 0.876. The molecule has 0 heterocycles. The van der Waals surface area contributed by atoms with Crippen LogP contribution in [0.15, 0.2) is 10.9 Å².